The molecule has 0 N–H and O–H groups in total. The zero-order chi connectivity index (χ0) is 17.9. The summed E-state index contributed by atoms with van der Waals surface area (Å²) in [6.45, 7) is 4.12. The van der Waals surface area contributed by atoms with Crippen LogP contribution >= 0.6 is 23.1 Å². The fraction of sp³-hybridized carbons (Fsp3) is 0.150. The van der Waals surface area contributed by atoms with Gasteiger partial charge in [-0.25, -0.2) is 4.98 Å². The van der Waals surface area contributed by atoms with Crippen LogP contribution in [0.5, 0.6) is 0 Å². The molecule has 0 radical (unpaired) electrons. The lowest BCUT2D eigenvalue weighted by molar-refractivity contribution is 0.885. The summed E-state index contributed by atoms with van der Waals surface area (Å²) in [5.41, 5.74) is 4.41. The molecule has 0 bridgehead atoms. The largest absolute Gasteiger partial charge is 0.270 e. The Kier molecular flexibility index (Phi) is 4.86. The molecule has 0 aliphatic carbocycles. The smallest absolute Gasteiger partial charge is 0.196 e. The van der Waals surface area contributed by atoms with Gasteiger partial charge in [0.05, 0.1) is 10.7 Å². The van der Waals surface area contributed by atoms with E-state index in [1.54, 1.807) is 23.1 Å². The molecule has 0 aliphatic heterocycles. The van der Waals surface area contributed by atoms with Gasteiger partial charge in [0.1, 0.15) is 0 Å². The van der Waals surface area contributed by atoms with E-state index in [0.717, 1.165) is 38.7 Å². The molecular weight excluding hydrogens is 360 g/mol. The Morgan fingerprint density at radius 3 is 2.58 bits per heavy atom. The molecule has 0 spiro atoms. The van der Waals surface area contributed by atoms with E-state index in [2.05, 4.69) is 68.5 Å². The Morgan fingerprint density at radius 1 is 1.00 bits per heavy atom. The molecule has 2 aromatic heterocycles. The molecule has 0 fully saturated rings. The van der Waals surface area contributed by atoms with Crippen molar-refractivity contribution in [3.63, 3.8) is 0 Å². The summed E-state index contributed by atoms with van der Waals surface area (Å²) in [4.78, 5) is 4.54. The van der Waals surface area contributed by atoms with Crippen LogP contribution in [-0.2, 0) is 5.75 Å². The molecule has 2 heterocycles. The van der Waals surface area contributed by atoms with Crippen LogP contribution in [0.25, 0.3) is 17.1 Å². The van der Waals surface area contributed by atoms with Crippen LogP contribution in [0.4, 0.5) is 0 Å². The predicted molar refractivity (Wildman–Crippen MR) is 108 cm³/mol. The maximum Gasteiger partial charge on any atom is 0.196 e. The van der Waals surface area contributed by atoms with E-state index in [0.29, 0.717) is 0 Å². The van der Waals surface area contributed by atoms with Crippen molar-refractivity contribution in [2.75, 3.05) is 0 Å². The van der Waals surface area contributed by atoms with E-state index in [-0.39, 0.29) is 0 Å². The third kappa shape index (κ3) is 3.57. The van der Waals surface area contributed by atoms with Gasteiger partial charge >= 0.3 is 0 Å². The maximum absolute atomic E-state index is 4.54. The standard InChI is InChI=1S/C20H18N4S2/c1-14-7-6-8-16(11-14)19-22-23-20(24(19)18-9-4-3-5-10-18)26-13-17-12-25-15(2)21-17/h3-12H,13H2,1-2H3. The number of para-hydroxylation sites is 1. The number of rotatable bonds is 5. The summed E-state index contributed by atoms with van der Waals surface area (Å²) in [5, 5.41) is 13.0. The van der Waals surface area contributed by atoms with Crippen molar-refractivity contribution in [1.29, 1.82) is 0 Å². The average molecular weight is 379 g/mol. The molecular formula is C20H18N4S2. The van der Waals surface area contributed by atoms with Gasteiger partial charge in [-0.3, -0.25) is 4.57 Å². The number of benzene rings is 2. The average Bonchev–Trinajstić information content (AvgIpc) is 3.26. The lowest BCUT2D eigenvalue weighted by Gasteiger charge is -2.10. The normalized spacial score (nSPS) is 11.0. The maximum atomic E-state index is 4.54. The van der Waals surface area contributed by atoms with Gasteiger partial charge in [-0.15, -0.1) is 21.5 Å². The number of hydrogen-bond acceptors (Lipinski definition) is 5. The Bertz CT molecular complexity index is 1020. The van der Waals surface area contributed by atoms with Gasteiger partial charge in [-0.05, 0) is 32.0 Å². The van der Waals surface area contributed by atoms with Crippen LogP contribution in [0.3, 0.4) is 0 Å². The van der Waals surface area contributed by atoms with Crippen molar-refractivity contribution in [3.8, 4) is 17.1 Å². The minimum atomic E-state index is 0.781. The van der Waals surface area contributed by atoms with Crippen molar-refractivity contribution in [3.05, 3.63) is 76.2 Å². The summed E-state index contributed by atoms with van der Waals surface area (Å²) in [7, 11) is 0. The molecule has 0 unspecified atom stereocenters. The van der Waals surface area contributed by atoms with E-state index in [9.17, 15) is 0 Å². The van der Waals surface area contributed by atoms with Gasteiger partial charge in [0, 0.05) is 22.4 Å². The van der Waals surface area contributed by atoms with Gasteiger partial charge in [-0.1, -0.05) is 53.7 Å². The first-order chi connectivity index (χ1) is 12.7. The highest BCUT2D eigenvalue weighted by molar-refractivity contribution is 7.98. The first-order valence-corrected chi connectivity index (χ1v) is 10.2. The number of aryl methyl sites for hydroxylation is 2. The summed E-state index contributed by atoms with van der Waals surface area (Å²) in [6.07, 6.45) is 0. The predicted octanol–water partition coefficient (Wildman–Crippen LogP) is 5.30. The van der Waals surface area contributed by atoms with E-state index in [4.69, 9.17) is 0 Å². The van der Waals surface area contributed by atoms with Gasteiger partial charge in [-0.2, -0.15) is 0 Å². The third-order valence-electron chi connectivity index (χ3n) is 3.94. The van der Waals surface area contributed by atoms with Gasteiger partial charge in [0.2, 0.25) is 0 Å². The molecule has 0 amide bonds. The number of thiazole rings is 1. The molecule has 130 valence electrons. The minimum Gasteiger partial charge on any atom is -0.270 e. The van der Waals surface area contributed by atoms with Crippen molar-refractivity contribution in [2.45, 2.75) is 24.8 Å². The van der Waals surface area contributed by atoms with Crippen LogP contribution in [0.2, 0.25) is 0 Å². The molecule has 0 aliphatic rings. The van der Waals surface area contributed by atoms with E-state index < -0.39 is 0 Å². The fourth-order valence-corrected chi connectivity index (χ4v) is 4.32. The number of nitrogens with zero attached hydrogens (tertiary/aromatic N) is 4. The number of aromatic nitrogens is 4. The van der Waals surface area contributed by atoms with Crippen LogP contribution in [0.1, 0.15) is 16.3 Å². The summed E-state index contributed by atoms with van der Waals surface area (Å²) >= 11 is 3.34. The lowest BCUT2D eigenvalue weighted by atomic mass is 10.1. The third-order valence-corrected chi connectivity index (χ3v) is 5.72. The Balaban J connectivity index is 1.74. The zero-order valence-electron chi connectivity index (χ0n) is 14.6. The van der Waals surface area contributed by atoms with Crippen molar-refractivity contribution in [1.82, 2.24) is 19.7 Å². The second kappa shape index (κ2) is 7.43. The molecule has 26 heavy (non-hydrogen) atoms. The monoisotopic (exact) mass is 378 g/mol. The topological polar surface area (TPSA) is 43.6 Å². The molecule has 0 saturated heterocycles. The number of thioether (sulfide) groups is 1. The highest BCUT2D eigenvalue weighted by Crippen LogP contribution is 2.30. The molecule has 2 aromatic carbocycles. The molecule has 4 rings (SSSR count). The van der Waals surface area contributed by atoms with Gasteiger partial charge in [0.15, 0.2) is 11.0 Å². The van der Waals surface area contributed by atoms with Crippen LogP contribution < -0.4 is 0 Å². The first kappa shape index (κ1) is 17.0. The van der Waals surface area contributed by atoms with Gasteiger partial charge < -0.3 is 0 Å². The second-order valence-corrected chi connectivity index (χ2v) is 8.00. The summed E-state index contributed by atoms with van der Waals surface area (Å²) < 4.78 is 2.12. The molecule has 4 nitrogen and oxygen atoms in total. The van der Waals surface area contributed by atoms with E-state index >= 15 is 0 Å². The van der Waals surface area contributed by atoms with Crippen LogP contribution in [0, 0.1) is 13.8 Å². The van der Waals surface area contributed by atoms with E-state index in [1.807, 2.05) is 25.1 Å². The molecule has 4 aromatic rings. The Hall–Kier alpha value is -2.44. The van der Waals surface area contributed by atoms with E-state index in [1.165, 1.54) is 5.56 Å². The second-order valence-electron chi connectivity index (χ2n) is 5.99. The highest BCUT2D eigenvalue weighted by atomic mass is 32.2. The number of hydrogen-bond donors (Lipinski definition) is 0. The Labute approximate surface area is 161 Å². The lowest BCUT2D eigenvalue weighted by Crippen LogP contribution is -1.99. The molecule has 0 atom stereocenters. The first-order valence-electron chi connectivity index (χ1n) is 8.32. The minimum absolute atomic E-state index is 0.781. The quantitative estimate of drug-likeness (QED) is 0.442. The summed E-state index contributed by atoms with van der Waals surface area (Å²) in [5.74, 6) is 1.64. The van der Waals surface area contributed by atoms with Crippen molar-refractivity contribution < 1.29 is 0 Å². The Morgan fingerprint density at radius 2 is 1.85 bits per heavy atom. The SMILES string of the molecule is Cc1cccc(-c2nnc(SCc3csc(C)n3)n2-c2ccccc2)c1. The molecule has 0 saturated carbocycles. The summed E-state index contributed by atoms with van der Waals surface area (Å²) in [6, 6.07) is 18.6. The van der Waals surface area contributed by atoms with Gasteiger partial charge in [0.25, 0.3) is 0 Å². The van der Waals surface area contributed by atoms with Crippen LogP contribution in [0.15, 0.2) is 65.1 Å². The highest BCUT2D eigenvalue weighted by Gasteiger charge is 2.16. The zero-order valence-corrected chi connectivity index (χ0v) is 16.2. The van der Waals surface area contributed by atoms with Crippen molar-refractivity contribution in [2.24, 2.45) is 0 Å². The molecule has 6 heteroatoms. The van der Waals surface area contributed by atoms with Crippen molar-refractivity contribution >= 4 is 23.1 Å². The van der Waals surface area contributed by atoms with Crippen LogP contribution in [-0.4, -0.2) is 19.7 Å². The fourth-order valence-electron chi connectivity index (χ4n) is 2.76.